The summed E-state index contributed by atoms with van der Waals surface area (Å²) in [6, 6.07) is 10.4. The van der Waals surface area contributed by atoms with Gasteiger partial charge in [-0.3, -0.25) is 4.79 Å². The Morgan fingerprint density at radius 2 is 1.91 bits per heavy atom. The van der Waals surface area contributed by atoms with Gasteiger partial charge in [-0.2, -0.15) is 5.26 Å². The molecule has 3 N–H and O–H groups in total. The molecule has 23 heavy (non-hydrogen) atoms. The van der Waals surface area contributed by atoms with Crippen LogP contribution < -0.4 is 10.6 Å². The molecular weight excluding hydrogens is 306 g/mol. The molecular formula is C18H26N3OS+. The molecule has 1 aromatic carbocycles. The number of amides is 1. The standard InChI is InChI=1S/C18H25N3OS/c19-12-13-23-17-11-7-6-10-16(17)21-18(22)14-20-15-8-4-2-1-3-5-9-15/h6-7,10-11,15,20H,1-5,8-9,13-14H2,(H,21,22)/p+1. The number of hydrogen-bond acceptors (Lipinski definition) is 3. The number of para-hydroxylation sites is 1. The number of nitrogens with one attached hydrogen (secondary N) is 1. The zero-order chi connectivity index (χ0) is 16.3. The number of nitrogens with two attached hydrogens (primary N) is 1. The van der Waals surface area contributed by atoms with Gasteiger partial charge in [-0.05, 0) is 37.8 Å². The van der Waals surface area contributed by atoms with Gasteiger partial charge in [0.15, 0.2) is 6.54 Å². The number of carbonyl (C=O) groups is 1. The Morgan fingerprint density at radius 3 is 2.65 bits per heavy atom. The second kappa shape index (κ2) is 10.3. The van der Waals surface area contributed by atoms with E-state index in [1.54, 1.807) is 0 Å². The van der Waals surface area contributed by atoms with E-state index < -0.39 is 0 Å². The molecule has 0 radical (unpaired) electrons. The van der Waals surface area contributed by atoms with E-state index in [-0.39, 0.29) is 5.91 Å². The van der Waals surface area contributed by atoms with E-state index in [1.165, 1.54) is 56.7 Å². The number of benzene rings is 1. The van der Waals surface area contributed by atoms with E-state index in [4.69, 9.17) is 5.26 Å². The first-order valence-electron chi connectivity index (χ1n) is 8.51. The van der Waals surface area contributed by atoms with Gasteiger partial charge in [0.05, 0.1) is 23.6 Å². The van der Waals surface area contributed by atoms with Crippen LogP contribution in [0, 0.1) is 11.3 Å². The van der Waals surface area contributed by atoms with Crippen molar-refractivity contribution in [1.82, 2.24) is 0 Å². The van der Waals surface area contributed by atoms with Gasteiger partial charge in [-0.15, -0.1) is 11.8 Å². The smallest absolute Gasteiger partial charge is 0.279 e. The molecule has 0 unspecified atom stereocenters. The minimum atomic E-state index is 0.0390. The topological polar surface area (TPSA) is 69.5 Å². The van der Waals surface area contributed by atoms with Crippen LogP contribution in [0.15, 0.2) is 29.2 Å². The van der Waals surface area contributed by atoms with Gasteiger partial charge >= 0.3 is 0 Å². The Morgan fingerprint density at radius 1 is 1.22 bits per heavy atom. The number of rotatable bonds is 6. The van der Waals surface area contributed by atoms with Crippen molar-refractivity contribution in [2.45, 2.75) is 55.9 Å². The summed E-state index contributed by atoms with van der Waals surface area (Å²) < 4.78 is 0. The highest BCUT2D eigenvalue weighted by Gasteiger charge is 2.16. The molecule has 1 amide bonds. The van der Waals surface area contributed by atoms with E-state index in [0.29, 0.717) is 18.3 Å². The largest absolute Gasteiger partial charge is 0.336 e. The van der Waals surface area contributed by atoms with Crippen LogP contribution in [0.5, 0.6) is 0 Å². The summed E-state index contributed by atoms with van der Waals surface area (Å²) in [6.45, 7) is 0.474. The number of nitriles is 1. The number of carbonyl (C=O) groups excluding carboxylic acids is 1. The first-order valence-corrected chi connectivity index (χ1v) is 9.50. The maximum atomic E-state index is 12.2. The predicted molar refractivity (Wildman–Crippen MR) is 94.3 cm³/mol. The lowest BCUT2D eigenvalue weighted by molar-refractivity contribution is -0.680. The summed E-state index contributed by atoms with van der Waals surface area (Å²) in [5, 5.41) is 13.9. The van der Waals surface area contributed by atoms with Crippen molar-refractivity contribution >= 4 is 23.4 Å². The van der Waals surface area contributed by atoms with Crippen molar-refractivity contribution in [2.24, 2.45) is 0 Å². The maximum absolute atomic E-state index is 12.2. The van der Waals surface area contributed by atoms with Crippen LogP contribution >= 0.6 is 11.8 Å². The quantitative estimate of drug-likeness (QED) is 0.787. The van der Waals surface area contributed by atoms with Gasteiger partial charge in [0.2, 0.25) is 0 Å². The lowest BCUT2D eigenvalue weighted by Gasteiger charge is -2.18. The molecule has 0 saturated heterocycles. The predicted octanol–water partition coefficient (Wildman–Crippen LogP) is 2.92. The van der Waals surface area contributed by atoms with Gasteiger partial charge in [-0.1, -0.05) is 31.4 Å². The summed E-state index contributed by atoms with van der Waals surface area (Å²) in [6.07, 6.45) is 9.06. The van der Waals surface area contributed by atoms with Crippen LogP contribution in [0.2, 0.25) is 0 Å². The molecule has 0 aliphatic heterocycles. The number of quaternary nitrogens is 1. The summed E-state index contributed by atoms with van der Waals surface area (Å²) in [4.78, 5) is 13.2. The Bertz CT molecular complexity index is 533. The van der Waals surface area contributed by atoms with Crippen molar-refractivity contribution in [3.63, 3.8) is 0 Å². The number of anilines is 1. The molecule has 0 bridgehead atoms. The molecule has 124 valence electrons. The summed E-state index contributed by atoms with van der Waals surface area (Å²) in [5.41, 5.74) is 0.809. The molecule has 0 atom stereocenters. The minimum Gasteiger partial charge on any atom is -0.336 e. The van der Waals surface area contributed by atoms with Crippen LogP contribution in [-0.4, -0.2) is 24.2 Å². The highest BCUT2D eigenvalue weighted by atomic mass is 32.2. The third kappa shape index (κ3) is 6.64. The van der Waals surface area contributed by atoms with Gasteiger partial charge in [0, 0.05) is 4.90 Å². The average Bonchev–Trinajstić information content (AvgIpc) is 2.53. The lowest BCUT2D eigenvalue weighted by atomic mass is 9.97. The Labute approximate surface area is 143 Å². The minimum absolute atomic E-state index is 0.0390. The molecule has 1 fully saturated rings. The molecule has 1 saturated carbocycles. The van der Waals surface area contributed by atoms with Gasteiger partial charge in [-0.25, -0.2) is 0 Å². The second-order valence-electron chi connectivity index (χ2n) is 6.04. The van der Waals surface area contributed by atoms with Crippen LogP contribution in [0.3, 0.4) is 0 Å². The van der Waals surface area contributed by atoms with Crippen LogP contribution in [-0.2, 0) is 4.79 Å². The molecule has 4 nitrogen and oxygen atoms in total. The summed E-state index contributed by atoms with van der Waals surface area (Å²) >= 11 is 1.45. The highest BCUT2D eigenvalue weighted by Crippen LogP contribution is 2.26. The van der Waals surface area contributed by atoms with Crippen molar-refractivity contribution in [1.29, 1.82) is 5.26 Å². The van der Waals surface area contributed by atoms with Crippen molar-refractivity contribution in [2.75, 3.05) is 17.6 Å². The fraction of sp³-hybridized carbons (Fsp3) is 0.556. The third-order valence-electron chi connectivity index (χ3n) is 4.24. The van der Waals surface area contributed by atoms with Crippen molar-refractivity contribution < 1.29 is 10.1 Å². The Balaban J connectivity index is 1.81. The molecule has 2 rings (SSSR count). The SMILES string of the molecule is N#CCSc1ccccc1NC(=O)C[NH2+]C1CCCCCCC1. The first kappa shape index (κ1) is 17.8. The fourth-order valence-electron chi connectivity index (χ4n) is 3.00. The van der Waals surface area contributed by atoms with Gasteiger partial charge < -0.3 is 10.6 Å². The maximum Gasteiger partial charge on any atom is 0.279 e. The number of hydrogen-bond donors (Lipinski definition) is 2. The van der Waals surface area contributed by atoms with E-state index in [2.05, 4.69) is 16.7 Å². The lowest BCUT2D eigenvalue weighted by Crippen LogP contribution is -2.91. The van der Waals surface area contributed by atoms with Crippen molar-refractivity contribution in [3.05, 3.63) is 24.3 Å². The Kier molecular flexibility index (Phi) is 7.99. The van der Waals surface area contributed by atoms with Gasteiger partial charge in [0.25, 0.3) is 5.91 Å². The molecule has 1 aliphatic carbocycles. The summed E-state index contributed by atoms with van der Waals surface area (Å²) in [5.74, 6) is 0.429. The van der Waals surface area contributed by atoms with Crippen molar-refractivity contribution in [3.8, 4) is 6.07 Å². The highest BCUT2D eigenvalue weighted by molar-refractivity contribution is 7.99. The van der Waals surface area contributed by atoms with E-state index in [1.807, 2.05) is 24.3 Å². The molecule has 0 spiro atoms. The molecule has 5 heteroatoms. The summed E-state index contributed by atoms with van der Waals surface area (Å²) in [7, 11) is 0. The average molecular weight is 332 g/mol. The Hall–Kier alpha value is -1.51. The van der Waals surface area contributed by atoms with Crippen LogP contribution in [0.4, 0.5) is 5.69 Å². The van der Waals surface area contributed by atoms with Gasteiger partial charge in [0.1, 0.15) is 0 Å². The second-order valence-corrected chi connectivity index (χ2v) is 7.05. The zero-order valence-electron chi connectivity index (χ0n) is 13.6. The van der Waals surface area contributed by atoms with E-state index >= 15 is 0 Å². The molecule has 0 aromatic heterocycles. The molecule has 0 heterocycles. The third-order valence-corrected chi connectivity index (χ3v) is 5.18. The normalized spacial score (nSPS) is 16.1. The molecule has 1 aliphatic rings. The van der Waals surface area contributed by atoms with E-state index in [0.717, 1.165) is 10.6 Å². The first-order chi connectivity index (χ1) is 11.3. The van der Waals surface area contributed by atoms with Crippen LogP contribution in [0.25, 0.3) is 0 Å². The molecule has 1 aromatic rings. The van der Waals surface area contributed by atoms with E-state index in [9.17, 15) is 4.79 Å². The van der Waals surface area contributed by atoms with Crippen LogP contribution in [0.1, 0.15) is 44.9 Å². The zero-order valence-corrected chi connectivity index (χ0v) is 14.4. The monoisotopic (exact) mass is 332 g/mol. The number of thioether (sulfide) groups is 1. The fourth-order valence-corrected chi connectivity index (χ4v) is 3.67. The number of nitrogens with zero attached hydrogens (tertiary/aromatic N) is 1.